The van der Waals surface area contributed by atoms with Crippen LogP contribution < -0.4 is 10.5 Å². The highest BCUT2D eigenvalue weighted by molar-refractivity contribution is 5.85. The topological polar surface area (TPSA) is 55.6 Å². The van der Waals surface area contributed by atoms with Crippen molar-refractivity contribution >= 4 is 18.3 Å². The van der Waals surface area contributed by atoms with Gasteiger partial charge in [0.15, 0.2) is 0 Å². The van der Waals surface area contributed by atoms with Crippen molar-refractivity contribution in [1.82, 2.24) is 4.90 Å². The van der Waals surface area contributed by atoms with Crippen LogP contribution in [-0.2, 0) is 11.2 Å². The van der Waals surface area contributed by atoms with Crippen LogP contribution in [0, 0.1) is 0 Å². The molecule has 1 atom stereocenters. The second kappa shape index (κ2) is 7.36. The summed E-state index contributed by atoms with van der Waals surface area (Å²) >= 11 is 0. The van der Waals surface area contributed by atoms with E-state index in [2.05, 4.69) is 0 Å². The van der Waals surface area contributed by atoms with Crippen LogP contribution in [0.15, 0.2) is 24.3 Å². The SMILES string of the molecule is COc1ccccc1CCC(=O)N1CC[C@@H](N)C1.Cl. The number of nitrogens with zero attached hydrogens (tertiary/aromatic N) is 1. The number of amides is 1. The average molecular weight is 285 g/mol. The molecule has 0 bridgehead atoms. The molecule has 19 heavy (non-hydrogen) atoms. The van der Waals surface area contributed by atoms with E-state index in [-0.39, 0.29) is 24.4 Å². The Morgan fingerprint density at radius 1 is 1.47 bits per heavy atom. The van der Waals surface area contributed by atoms with Gasteiger partial charge in [-0.05, 0) is 24.5 Å². The Morgan fingerprint density at radius 2 is 2.21 bits per heavy atom. The first kappa shape index (κ1) is 15.8. The summed E-state index contributed by atoms with van der Waals surface area (Å²) in [7, 11) is 1.65. The molecule has 0 saturated carbocycles. The Bertz CT molecular complexity index is 426. The van der Waals surface area contributed by atoms with Crippen LogP contribution in [-0.4, -0.2) is 37.0 Å². The number of nitrogens with two attached hydrogens (primary N) is 1. The van der Waals surface area contributed by atoms with Crippen molar-refractivity contribution in [2.24, 2.45) is 5.73 Å². The summed E-state index contributed by atoms with van der Waals surface area (Å²) in [4.78, 5) is 13.9. The number of likely N-dealkylation sites (tertiary alicyclic amines) is 1. The van der Waals surface area contributed by atoms with E-state index in [9.17, 15) is 4.79 Å². The van der Waals surface area contributed by atoms with Gasteiger partial charge >= 0.3 is 0 Å². The van der Waals surface area contributed by atoms with Crippen molar-refractivity contribution in [1.29, 1.82) is 0 Å². The Hall–Kier alpha value is -1.26. The number of ether oxygens (including phenoxy) is 1. The molecule has 2 N–H and O–H groups in total. The van der Waals surface area contributed by atoms with Crippen molar-refractivity contribution in [3.05, 3.63) is 29.8 Å². The Kier molecular flexibility index (Phi) is 6.12. The highest BCUT2D eigenvalue weighted by Gasteiger charge is 2.23. The summed E-state index contributed by atoms with van der Waals surface area (Å²) in [6.45, 7) is 1.50. The lowest BCUT2D eigenvalue weighted by Gasteiger charge is -2.16. The van der Waals surface area contributed by atoms with Crippen LogP contribution in [0.4, 0.5) is 0 Å². The van der Waals surface area contributed by atoms with Crippen LogP contribution in [0.2, 0.25) is 0 Å². The molecule has 0 radical (unpaired) electrons. The lowest BCUT2D eigenvalue weighted by molar-refractivity contribution is -0.130. The molecule has 5 heteroatoms. The van der Waals surface area contributed by atoms with E-state index >= 15 is 0 Å². The maximum atomic E-state index is 12.0. The average Bonchev–Trinajstić information content (AvgIpc) is 2.83. The fourth-order valence-corrected chi connectivity index (χ4v) is 2.32. The van der Waals surface area contributed by atoms with Gasteiger partial charge < -0.3 is 15.4 Å². The summed E-state index contributed by atoms with van der Waals surface area (Å²) in [6.07, 6.45) is 2.15. The molecule has 1 aromatic carbocycles. The predicted octanol–water partition coefficient (Wildman–Crippen LogP) is 1.61. The van der Waals surface area contributed by atoms with Crippen LogP contribution in [0.25, 0.3) is 0 Å². The minimum Gasteiger partial charge on any atom is -0.496 e. The second-order valence-corrected chi connectivity index (χ2v) is 4.70. The third-order valence-electron chi connectivity index (χ3n) is 3.38. The standard InChI is InChI=1S/C14H20N2O2.ClH/c1-18-13-5-3-2-4-11(13)6-7-14(17)16-9-8-12(15)10-16;/h2-5,12H,6-10,15H2,1H3;1H/t12-;/m1./s1. The lowest BCUT2D eigenvalue weighted by Crippen LogP contribution is -2.31. The van der Waals surface area contributed by atoms with Crippen molar-refractivity contribution in [3.8, 4) is 5.75 Å². The summed E-state index contributed by atoms with van der Waals surface area (Å²) in [6, 6.07) is 7.98. The van der Waals surface area contributed by atoms with Gasteiger partial charge in [-0.2, -0.15) is 0 Å². The maximum Gasteiger partial charge on any atom is 0.222 e. The molecule has 0 unspecified atom stereocenters. The smallest absolute Gasteiger partial charge is 0.222 e. The number of carbonyl (C=O) groups excluding carboxylic acids is 1. The number of hydrogen-bond acceptors (Lipinski definition) is 3. The van der Waals surface area contributed by atoms with Gasteiger partial charge in [-0.3, -0.25) is 4.79 Å². The largest absolute Gasteiger partial charge is 0.496 e. The van der Waals surface area contributed by atoms with E-state index in [0.29, 0.717) is 19.4 Å². The minimum atomic E-state index is 0. The van der Waals surface area contributed by atoms with Crippen LogP contribution >= 0.6 is 12.4 Å². The number of aryl methyl sites for hydroxylation is 1. The summed E-state index contributed by atoms with van der Waals surface area (Å²) in [5.41, 5.74) is 6.88. The Balaban J connectivity index is 0.00000180. The van der Waals surface area contributed by atoms with Crippen molar-refractivity contribution in [2.75, 3.05) is 20.2 Å². The number of benzene rings is 1. The van der Waals surface area contributed by atoms with Gasteiger partial charge in [-0.15, -0.1) is 12.4 Å². The van der Waals surface area contributed by atoms with Crippen molar-refractivity contribution in [3.63, 3.8) is 0 Å². The molecule has 1 saturated heterocycles. The maximum absolute atomic E-state index is 12.0. The second-order valence-electron chi connectivity index (χ2n) is 4.70. The third-order valence-corrected chi connectivity index (χ3v) is 3.38. The van der Waals surface area contributed by atoms with Gasteiger partial charge in [0.2, 0.25) is 5.91 Å². The molecule has 1 aliphatic heterocycles. The van der Waals surface area contributed by atoms with Gasteiger partial charge in [-0.1, -0.05) is 18.2 Å². The molecule has 106 valence electrons. The van der Waals surface area contributed by atoms with Gasteiger partial charge in [0.25, 0.3) is 0 Å². The first-order chi connectivity index (χ1) is 8.70. The van der Waals surface area contributed by atoms with Gasteiger partial charge in [-0.25, -0.2) is 0 Å². The molecule has 0 aromatic heterocycles. The number of methoxy groups -OCH3 is 1. The first-order valence-corrected chi connectivity index (χ1v) is 6.36. The van der Waals surface area contributed by atoms with Crippen LogP contribution in [0.3, 0.4) is 0 Å². The Morgan fingerprint density at radius 3 is 2.84 bits per heavy atom. The Labute approximate surface area is 120 Å². The minimum absolute atomic E-state index is 0. The zero-order valence-electron chi connectivity index (χ0n) is 11.2. The molecule has 1 aromatic rings. The molecule has 4 nitrogen and oxygen atoms in total. The monoisotopic (exact) mass is 284 g/mol. The summed E-state index contributed by atoms with van der Waals surface area (Å²) < 4.78 is 5.28. The molecular formula is C14H21ClN2O2. The number of carbonyl (C=O) groups is 1. The van der Waals surface area contributed by atoms with E-state index < -0.39 is 0 Å². The van der Waals surface area contributed by atoms with E-state index in [1.807, 2.05) is 29.2 Å². The zero-order valence-corrected chi connectivity index (χ0v) is 12.0. The van der Waals surface area contributed by atoms with E-state index in [1.165, 1.54) is 0 Å². The normalized spacial score (nSPS) is 18.0. The number of halogens is 1. The molecule has 1 aliphatic rings. The zero-order chi connectivity index (χ0) is 13.0. The summed E-state index contributed by atoms with van der Waals surface area (Å²) in [5.74, 6) is 1.04. The van der Waals surface area contributed by atoms with E-state index in [0.717, 1.165) is 24.3 Å². The summed E-state index contributed by atoms with van der Waals surface area (Å²) in [5, 5.41) is 0. The number of para-hydroxylation sites is 1. The van der Waals surface area contributed by atoms with E-state index in [1.54, 1.807) is 7.11 Å². The van der Waals surface area contributed by atoms with Gasteiger partial charge in [0, 0.05) is 25.6 Å². The van der Waals surface area contributed by atoms with Crippen molar-refractivity contribution < 1.29 is 9.53 Å². The van der Waals surface area contributed by atoms with E-state index in [4.69, 9.17) is 10.5 Å². The van der Waals surface area contributed by atoms with Crippen LogP contribution in [0.5, 0.6) is 5.75 Å². The van der Waals surface area contributed by atoms with Gasteiger partial charge in [0.1, 0.15) is 5.75 Å². The predicted molar refractivity (Wildman–Crippen MR) is 77.7 cm³/mol. The first-order valence-electron chi connectivity index (χ1n) is 6.36. The third kappa shape index (κ3) is 4.11. The van der Waals surface area contributed by atoms with Gasteiger partial charge in [0.05, 0.1) is 7.11 Å². The lowest BCUT2D eigenvalue weighted by atomic mass is 10.1. The molecule has 1 heterocycles. The number of rotatable bonds is 4. The molecular weight excluding hydrogens is 264 g/mol. The molecule has 0 spiro atoms. The molecule has 1 amide bonds. The fraction of sp³-hybridized carbons (Fsp3) is 0.500. The molecule has 0 aliphatic carbocycles. The quantitative estimate of drug-likeness (QED) is 0.914. The molecule has 2 rings (SSSR count). The highest BCUT2D eigenvalue weighted by atomic mass is 35.5. The van der Waals surface area contributed by atoms with Crippen molar-refractivity contribution in [2.45, 2.75) is 25.3 Å². The van der Waals surface area contributed by atoms with Crippen LogP contribution in [0.1, 0.15) is 18.4 Å². The molecule has 1 fully saturated rings. The fourth-order valence-electron chi connectivity index (χ4n) is 2.32. The highest BCUT2D eigenvalue weighted by Crippen LogP contribution is 2.19. The number of hydrogen-bond donors (Lipinski definition) is 1.